The molecule has 4 rings (SSSR count). The van der Waals surface area contributed by atoms with Crippen LogP contribution in [0.5, 0.6) is 0 Å². The Morgan fingerprint density at radius 2 is 1.59 bits per heavy atom. The van der Waals surface area contributed by atoms with E-state index in [1.807, 2.05) is 0 Å². The van der Waals surface area contributed by atoms with E-state index in [-0.39, 0.29) is 12.4 Å². The molecule has 0 fully saturated rings. The topological polar surface area (TPSA) is 9.03 Å². The maximum absolute atomic E-state index is 2.38. The van der Waals surface area contributed by atoms with Crippen molar-refractivity contribution in [2.75, 3.05) is 0 Å². The molecule has 2 heterocycles. The molecule has 0 aliphatic carbocycles. The largest absolute Gasteiger partial charge is 1.00 e. The average molecular weight is 327 g/mol. The Balaban J connectivity index is 0.00000144. The molecule has 0 amide bonds. The van der Waals surface area contributed by atoms with E-state index < -0.39 is 0 Å². The number of benzene rings is 2. The molecule has 4 heteroatoms. The predicted octanol–water partition coefficient (Wildman–Crippen LogP) is 1.01. The number of rotatable bonds is 3. The highest BCUT2D eigenvalue weighted by Crippen LogP contribution is 2.23. The fourth-order valence-corrected chi connectivity index (χ4v) is 3.48. The van der Waals surface area contributed by atoms with Crippen molar-refractivity contribution in [1.29, 1.82) is 0 Å². The zero-order chi connectivity index (χ0) is 14.1. The van der Waals surface area contributed by atoms with Crippen LogP contribution in [0.15, 0.2) is 78.4 Å². The molecule has 2 aromatic carbocycles. The standard InChI is InChI=1S/C18H15N2S.ClH/c1-3-7-15(8-4-1)13-20-17(16-9-5-2-6-10-16)14-19-11-12-21-18(19)20;/h1-12,14H,13H2;1H/q+1;/p-1. The molecule has 0 aliphatic rings. The normalized spacial score (nSPS) is 10.5. The van der Waals surface area contributed by atoms with Crippen LogP contribution in [0.4, 0.5) is 0 Å². The number of thiazole rings is 1. The van der Waals surface area contributed by atoms with Gasteiger partial charge in [0.25, 0.3) is 0 Å². The number of aromatic nitrogens is 2. The Kier molecular flexibility index (Phi) is 4.27. The lowest BCUT2D eigenvalue weighted by Gasteiger charge is -2.02. The molecule has 0 atom stereocenters. The molecule has 0 unspecified atom stereocenters. The highest BCUT2D eigenvalue weighted by molar-refractivity contribution is 7.14. The summed E-state index contributed by atoms with van der Waals surface area (Å²) in [5.74, 6) is 0. The van der Waals surface area contributed by atoms with Crippen LogP contribution in [0.25, 0.3) is 16.2 Å². The van der Waals surface area contributed by atoms with Gasteiger partial charge in [-0.1, -0.05) is 72.0 Å². The van der Waals surface area contributed by atoms with Gasteiger partial charge in [-0.3, -0.25) is 0 Å². The first-order chi connectivity index (χ1) is 10.4. The SMILES string of the molecule is [Cl-].c1ccc(Cn2c(-c3ccccc3)c[n+]3ccsc23)cc1. The fourth-order valence-electron chi connectivity index (χ4n) is 2.65. The Hall–Kier alpha value is -2.10. The minimum absolute atomic E-state index is 0. The molecule has 0 saturated carbocycles. The number of hydrogen-bond donors (Lipinski definition) is 0. The van der Waals surface area contributed by atoms with Crippen molar-refractivity contribution in [1.82, 2.24) is 4.57 Å². The lowest BCUT2D eigenvalue weighted by Crippen LogP contribution is -3.00. The Morgan fingerprint density at radius 3 is 2.32 bits per heavy atom. The molecule has 4 aromatic rings. The number of nitrogens with zero attached hydrogens (tertiary/aromatic N) is 2. The second-order valence-corrected chi connectivity index (χ2v) is 5.92. The highest BCUT2D eigenvalue weighted by Gasteiger charge is 2.20. The third-order valence-corrected chi connectivity index (χ3v) is 4.55. The Labute approximate surface area is 139 Å². The van der Waals surface area contributed by atoms with E-state index in [4.69, 9.17) is 0 Å². The van der Waals surface area contributed by atoms with Crippen molar-refractivity contribution < 1.29 is 16.8 Å². The molecule has 22 heavy (non-hydrogen) atoms. The van der Waals surface area contributed by atoms with Gasteiger partial charge in [-0.05, 0) is 5.56 Å². The smallest absolute Gasteiger partial charge is 0.346 e. The summed E-state index contributed by atoms with van der Waals surface area (Å²) in [5.41, 5.74) is 3.83. The molecule has 0 bridgehead atoms. The van der Waals surface area contributed by atoms with Gasteiger partial charge in [0.05, 0.1) is 0 Å². The first kappa shape index (κ1) is 14.8. The third-order valence-electron chi connectivity index (χ3n) is 3.65. The molecule has 0 N–H and O–H groups in total. The van der Waals surface area contributed by atoms with Crippen molar-refractivity contribution in [3.05, 3.63) is 84.0 Å². The van der Waals surface area contributed by atoms with Gasteiger partial charge >= 0.3 is 4.96 Å². The minimum atomic E-state index is 0. The molecule has 2 nitrogen and oxygen atoms in total. The number of imidazole rings is 1. The van der Waals surface area contributed by atoms with Gasteiger partial charge in [-0.25, -0.2) is 4.57 Å². The van der Waals surface area contributed by atoms with E-state index in [9.17, 15) is 0 Å². The van der Waals surface area contributed by atoms with Crippen molar-refractivity contribution in [3.63, 3.8) is 0 Å². The molecule has 110 valence electrons. The monoisotopic (exact) mass is 326 g/mol. The van der Waals surface area contributed by atoms with Crippen LogP contribution in [0.2, 0.25) is 0 Å². The second-order valence-electron chi connectivity index (χ2n) is 5.04. The Bertz CT molecular complexity index is 866. The highest BCUT2D eigenvalue weighted by atomic mass is 35.5. The van der Waals surface area contributed by atoms with E-state index in [0.29, 0.717) is 0 Å². The molecule has 0 radical (unpaired) electrons. The molecule has 0 spiro atoms. The molecule has 0 saturated heterocycles. The quantitative estimate of drug-likeness (QED) is 0.497. The first-order valence-electron chi connectivity index (χ1n) is 6.99. The lowest BCUT2D eigenvalue weighted by molar-refractivity contribution is -0.505. The van der Waals surface area contributed by atoms with Crippen LogP contribution >= 0.6 is 11.3 Å². The van der Waals surface area contributed by atoms with Crippen molar-refractivity contribution in [2.24, 2.45) is 0 Å². The molecular formula is C18H15ClN2S. The number of halogens is 1. The third kappa shape index (κ3) is 2.65. The maximum Gasteiger partial charge on any atom is 0.346 e. The summed E-state index contributed by atoms with van der Waals surface area (Å²) in [4.78, 5) is 1.26. The summed E-state index contributed by atoms with van der Waals surface area (Å²) in [6, 6.07) is 21.2. The fraction of sp³-hybridized carbons (Fsp3) is 0.0556. The number of hydrogen-bond acceptors (Lipinski definition) is 1. The van der Waals surface area contributed by atoms with Crippen molar-refractivity contribution in [3.8, 4) is 11.3 Å². The van der Waals surface area contributed by atoms with Crippen LogP contribution in [0, 0.1) is 0 Å². The van der Waals surface area contributed by atoms with Crippen LogP contribution in [0.1, 0.15) is 5.56 Å². The van der Waals surface area contributed by atoms with E-state index in [0.717, 1.165) is 6.54 Å². The Morgan fingerprint density at radius 1 is 0.909 bits per heavy atom. The van der Waals surface area contributed by atoms with E-state index >= 15 is 0 Å². The van der Waals surface area contributed by atoms with Crippen LogP contribution < -0.4 is 16.8 Å². The lowest BCUT2D eigenvalue weighted by atomic mass is 10.1. The summed E-state index contributed by atoms with van der Waals surface area (Å²) in [6.45, 7) is 0.891. The van der Waals surface area contributed by atoms with Crippen LogP contribution in [0.3, 0.4) is 0 Å². The van der Waals surface area contributed by atoms with Gasteiger partial charge in [0.15, 0.2) is 5.69 Å². The van der Waals surface area contributed by atoms with E-state index in [2.05, 4.69) is 87.4 Å². The van der Waals surface area contributed by atoms with Gasteiger partial charge in [0.1, 0.15) is 18.9 Å². The summed E-state index contributed by atoms with van der Waals surface area (Å²) in [5, 5.41) is 2.13. The zero-order valence-electron chi connectivity index (χ0n) is 11.9. The van der Waals surface area contributed by atoms with Crippen molar-refractivity contribution >= 4 is 16.3 Å². The van der Waals surface area contributed by atoms with Gasteiger partial charge in [0.2, 0.25) is 0 Å². The molecule has 2 aromatic heterocycles. The summed E-state index contributed by atoms with van der Waals surface area (Å²) in [7, 11) is 0. The molecular weight excluding hydrogens is 312 g/mol. The summed E-state index contributed by atoms with van der Waals surface area (Å²) < 4.78 is 4.59. The predicted molar refractivity (Wildman–Crippen MR) is 86.4 cm³/mol. The van der Waals surface area contributed by atoms with Gasteiger partial charge in [-0.15, -0.1) is 0 Å². The van der Waals surface area contributed by atoms with Gasteiger partial charge in [0, 0.05) is 10.9 Å². The molecule has 0 aliphatic heterocycles. The van der Waals surface area contributed by atoms with Gasteiger partial charge < -0.3 is 12.4 Å². The minimum Gasteiger partial charge on any atom is -1.00 e. The zero-order valence-corrected chi connectivity index (χ0v) is 13.5. The average Bonchev–Trinajstić information content (AvgIpc) is 3.12. The number of fused-ring (bicyclic) bond motifs is 1. The summed E-state index contributed by atoms with van der Waals surface area (Å²) in [6.07, 6.45) is 4.33. The summed E-state index contributed by atoms with van der Waals surface area (Å²) >= 11 is 1.77. The van der Waals surface area contributed by atoms with E-state index in [1.54, 1.807) is 11.3 Å². The van der Waals surface area contributed by atoms with Crippen molar-refractivity contribution in [2.45, 2.75) is 6.54 Å². The second kappa shape index (κ2) is 6.34. The van der Waals surface area contributed by atoms with Crippen LogP contribution in [-0.4, -0.2) is 4.57 Å². The van der Waals surface area contributed by atoms with E-state index in [1.165, 1.54) is 21.8 Å². The maximum atomic E-state index is 2.38. The van der Waals surface area contributed by atoms with Crippen LogP contribution in [-0.2, 0) is 6.54 Å². The first-order valence-corrected chi connectivity index (χ1v) is 7.87. The van der Waals surface area contributed by atoms with Gasteiger partial charge in [-0.2, -0.15) is 4.40 Å².